The lowest BCUT2D eigenvalue weighted by atomic mass is 9.84. The lowest BCUT2D eigenvalue weighted by molar-refractivity contribution is -0.137. The van der Waals surface area contributed by atoms with Gasteiger partial charge >= 0.3 is 6.18 Å². The van der Waals surface area contributed by atoms with E-state index >= 15 is 0 Å². The van der Waals surface area contributed by atoms with Crippen molar-refractivity contribution in [3.63, 3.8) is 0 Å². The van der Waals surface area contributed by atoms with Crippen LogP contribution in [0.4, 0.5) is 24.7 Å². The molecule has 1 spiro atoms. The minimum Gasteiger partial charge on any atom is -0.325 e. The number of sulfonamides is 1. The highest BCUT2D eigenvalue weighted by Crippen LogP contribution is 2.43. The molecular weight excluding hydrogens is 397 g/mol. The van der Waals surface area contributed by atoms with E-state index in [-0.39, 0.29) is 19.6 Å². The zero-order valence-corrected chi connectivity index (χ0v) is 15.7. The lowest BCUT2D eigenvalue weighted by Crippen LogP contribution is -2.49. The van der Waals surface area contributed by atoms with Crippen molar-refractivity contribution in [2.75, 3.05) is 24.2 Å². The van der Waals surface area contributed by atoms with Gasteiger partial charge in [0.25, 0.3) is 0 Å². The van der Waals surface area contributed by atoms with Crippen LogP contribution in [0.1, 0.15) is 12.0 Å². The van der Waals surface area contributed by atoms with Crippen molar-refractivity contribution in [1.29, 1.82) is 0 Å². The number of alkyl halides is 3. The molecule has 2 aliphatic rings. The Morgan fingerprint density at radius 1 is 1.11 bits per heavy atom. The minimum atomic E-state index is -4.44. The number of anilines is 2. The normalized spacial score (nSPS) is 22.8. The molecule has 2 aromatic rings. The molecule has 0 N–H and O–H groups in total. The summed E-state index contributed by atoms with van der Waals surface area (Å²) >= 11 is 0. The molecule has 0 saturated carbocycles. The molecule has 11 heteroatoms. The molecule has 0 aliphatic carbocycles. The summed E-state index contributed by atoms with van der Waals surface area (Å²) in [5, 5.41) is 4.20. The van der Waals surface area contributed by atoms with Gasteiger partial charge in [-0.05, 0) is 30.7 Å². The first kappa shape index (κ1) is 18.8. The van der Waals surface area contributed by atoms with E-state index in [4.69, 9.17) is 0 Å². The van der Waals surface area contributed by atoms with E-state index in [2.05, 4.69) is 5.10 Å². The van der Waals surface area contributed by atoms with Gasteiger partial charge in [-0.25, -0.2) is 17.4 Å². The number of halogens is 3. The second-order valence-electron chi connectivity index (χ2n) is 7.15. The maximum Gasteiger partial charge on any atom is 0.416 e. The third-order valence-corrected chi connectivity index (χ3v) is 6.41. The van der Waals surface area contributed by atoms with E-state index in [1.807, 2.05) is 0 Å². The number of hydrogen-bond acceptors (Lipinski definition) is 5. The molecule has 0 unspecified atom stereocenters. The molecule has 150 valence electrons. The van der Waals surface area contributed by atoms with Crippen molar-refractivity contribution in [3.8, 4) is 0 Å². The number of amides is 1. The van der Waals surface area contributed by atoms with Gasteiger partial charge in [-0.2, -0.15) is 18.3 Å². The van der Waals surface area contributed by atoms with E-state index in [9.17, 15) is 26.4 Å². The van der Waals surface area contributed by atoms with Gasteiger partial charge < -0.3 is 4.90 Å². The summed E-state index contributed by atoms with van der Waals surface area (Å²) in [5.74, 6) is 0.129. The number of fused-ring (bicyclic) bond motifs is 1. The highest BCUT2D eigenvalue weighted by molar-refractivity contribution is 7.88. The average molecular weight is 414 g/mol. The Morgan fingerprint density at radius 3 is 2.36 bits per heavy atom. The number of hydrogen-bond donors (Lipinski definition) is 0. The van der Waals surface area contributed by atoms with Crippen LogP contribution in [-0.2, 0) is 27.5 Å². The monoisotopic (exact) mass is 414 g/mol. The van der Waals surface area contributed by atoms with E-state index in [1.54, 1.807) is 21.8 Å². The van der Waals surface area contributed by atoms with Gasteiger partial charge in [0.05, 0.1) is 30.0 Å². The standard InChI is InChI=1S/C17H17F3N4O3S/c1-28(26,27)24-9-7-16(15(24)25)10-22(14-6-8-21-23(14)11-16)13-4-2-12(3-5-13)17(18,19)20/h2-6,8H,7,9-11H2,1H3/t16-/m0/s1. The minimum absolute atomic E-state index is 0.0785. The molecule has 7 nitrogen and oxygen atoms in total. The van der Waals surface area contributed by atoms with E-state index in [0.29, 0.717) is 17.9 Å². The summed E-state index contributed by atoms with van der Waals surface area (Å²) in [6.45, 7) is 0.460. The number of carbonyl (C=O) groups is 1. The van der Waals surface area contributed by atoms with Crippen molar-refractivity contribution in [2.45, 2.75) is 19.1 Å². The Labute approximate surface area is 159 Å². The second-order valence-corrected chi connectivity index (χ2v) is 9.06. The molecule has 1 amide bonds. The third kappa shape index (κ3) is 2.93. The molecule has 3 heterocycles. The Hall–Kier alpha value is -2.56. The predicted molar refractivity (Wildman–Crippen MR) is 94.3 cm³/mol. The van der Waals surface area contributed by atoms with Crippen LogP contribution in [0.2, 0.25) is 0 Å². The van der Waals surface area contributed by atoms with Gasteiger partial charge in [0.1, 0.15) is 5.82 Å². The molecule has 1 fully saturated rings. The third-order valence-electron chi connectivity index (χ3n) is 5.26. The van der Waals surface area contributed by atoms with Gasteiger partial charge in [0, 0.05) is 24.8 Å². The van der Waals surface area contributed by atoms with Crippen LogP contribution < -0.4 is 4.90 Å². The van der Waals surface area contributed by atoms with Gasteiger partial charge in [-0.3, -0.25) is 4.79 Å². The molecule has 1 aromatic carbocycles. The van der Waals surface area contributed by atoms with Crippen LogP contribution in [0.15, 0.2) is 36.5 Å². The Bertz CT molecular complexity index is 1030. The summed E-state index contributed by atoms with van der Waals surface area (Å²) in [4.78, 5) is 14.7. The lowest BCUT2D eigenvalue weighted by Gasteiger charge is -2.40. The predicted octanol–water partition coefficient (Wildman–Crippen LogP) is 2.23. The van der Waals surface area contributed by atoms with Crippen molar-refractivity contribution in [1.82, 2.24) is 14.1 Å². The molecular formula is C17H17F3N4O3S. The average Bonchev–Trinajstić information content (AvgIpc) is 3.19. The SMILES string of the molecule is CS(=O)(=O)N1CC[C@@]2(CN(c3ccc(C(F)(F)F)cc3)c3ccnn3C2)C1=O. The van der Waals surface area contributed by atoms with Crippen molar-refractivity contribution < 1.29 is 26.4 Å². The van der Waals surface area contributed by atoms with Crippen LogP contribution in [0.25, 0.3) is 0 Å². The number of nitrogens with zero attached hydrogens (tertiary/aromatic N) is 4. The van der Waals surface area contributed by atoms with Crippen LogP contribution in [0, 0.1) is 5.41 Å². The van der Waals surface area contributed by atoms with Crippen molar-refractivity contribution >= 4 is 27.4 Å². The van der Waals surface area contributed by atoms with Crippen LogP contribution in [0.3, 0.4) is 0 Å². The largest absolute Gasteiger partial charge is 0.416 e. The van der Waals surface area contributed by atoms with E-state index in [1.165, 1.54) is 12.1 Å². The number of carbonyl (C=O) groups excluding carboxylic acids is 1. The van der Waals surface area contributed by atoms with E-state index in [0.717, 1.165) is 22.7 Å². The Kier molecular flexibility index (Phi) is 4.00. The van der Waals surface area contributed by atoms with Crippen LogP contribution in [0.5, 0.6) is 0 Å². The first-order valence-corrected chi connectivity index (χ1v) is 10.3. The van der Waals surface area contributed by atoms with Gasteiger partial charge in [-0.15, -0.1) is 0 Å². The summed E-state index contributed by atoms with van der Waals surface area (Å²) in [7, 11) is -3.68. The second kappa shape index (κ2) is 5.97. The van der Waals surface area contributed by atoms with Gasteiger partial charge in [0.2, 0.25) is 15.9 Å². The van der Waals surface area contributed by atoms with Crippen LogP contribution >= 0.6 is 0 Å². The highest BCUT2D eigenvalue weighted by atomic mass is 32.2. The fourth-order valence-electron chi connectivity index (χ4n) is 3.85. The Balaban J connectivity index is 1.73. The molecule has 1 aromatic heterocycles. The molecule has 4 rings (SSSR count). The van der Waals surface area contributed by atoms with E-state index < -0.39 is 33.1 Å². The van der Waals surface area contributed by atoms with Gasteiger partial charge in [0.15, 0.2) is 0 Å². The zero-order valence-electron chi connectivity index (χ0n) is 14.8. The van der Waals surface area contributed by atoms with Crippen molar-refractivity contribution in [3.05, 3.63) is 42.1 Å². The number of aromatic nitrogens is 2. The van der Waals surface area contributed by atoms with Gasteiger partial charge in [-0.1, -0.05) is 0 Å². The topological polar surface area (TPSA) is 75.5 Å². The molecule has 0 bridgehead atoms. The molecule has 1 atom stereocenters. The molecule has 1 saturated heterocycles. The fourth-order valence-corrected chi connectivity index (χ4v) is 4.77. The smallest absolute Gasteiger partial charge is 0.325 e. The highest BCUT2D eigenvalue weighted by Gasteiger charge is 2.53. The Morgan fingerprint density at radius 2 is 1.79 bits per heavy atom. The first-order valence-electron chi connectivity index (χ1n) is 8.50. The molecule has 0 radical (unpaired) electrons. The molecule has 28 heavy (non-hydrogen) atoms. The van der Waals surface area contributed by atoms with Crippen LogP contribution in [-0.4, -0.2) is 47.8 Å². The maximum atomic E-state index is 13.0. The number of benzene rings is 1. The molecule has 2 aliphatic heterocycles. The van der Waals surface area contributed by atoms with Crippen molar-refractivity contribution in [2.24, 2.45) is 5.41 Å². The zero-order chi connectivity index (χ0) is 20.3. The summed E-state index contributed by atoms with van der Waals surface area (Å²) in [6, 6.07) is 6.35. The number of rotatable bonds is 2. The maximum absolute atomic E-state index is 13.0. The first-order chi connectivity index (χ1) is 13.0. The summed E-state index contributed by atoms with van der Waals surface area (Å²) in [6.07, 6.45) is -1.60. The summed E-state index contributed by atoms with van der Waals surface area (Å²) < 4.78 is 64.9. The fraction of sp³-hybridized carbons (Fsp3) is 0.412. The summed E-state index contributed by atoms with van der Waals surface area (Å²) in [5.41, 5.74) is -1.30. The quantitative estimate of drug-likeness (QED) is 0.754.